The summed E-state index contributed by atoms with van der Waals surface area (Å²) in [5.41, 5.74) is 0.951. The maximum absolute atomic E-state index is 13.1. The fraction of sp³-hybridized carbons (Fsp3) is 0.632. The van der Waals surface area contributed by atoms with Crippen LogP contribution in [-0.4, -0.2) is 56.4 Å². The summed E-state index contributed by atoms with van der Waals surface area (Å²) in [6, 6.07) is 10.1. The topological polar surface area (TPSA) is 57.7 Å². The van der Waals surface area contributed by atoms with E-state index in [1.807, 2.05) is 47.2 Å². The third kappa shape index (κ3) is 4.61. The Morgan fingerprint density at radius 2 is 1.72 bits per heavy atom. The molecule has 3 rings (SSSR count). The van der Waals surface area contributed by atoms with Crippen molar-refractivity contribution in [2.75, 3.05) is 30.0 Å². The van der Waals surface area contributed by atoms with Crippen molar-refractivity contribution in [1.82, 2.24) is 4.90 Å². The average Bonchev–Trinajstić information content (AvgIpc) is 2.97. The Balaban J connectivity index is 1.72. The van der Waals surface area contributed by atoms with E-state index < -0.39 is 9.84 Å². The van der Waals surface area contributed by atoms with Crippen LogP contribution < -0.4 is 4.90 Å². The summed E-state index contributed by atoms with van der Waals surface area (Å²) < 4.78 is 23.4. The van der Waals surface area contributed by atoms with Gasteiger partial charge in [0.25, 0.3) is 0 Å². The molecule has 1 amide bonds. The van der Waals surface area contributed by atoms with E-state index in [4.69, 9.17) is 0 Å². The Hall–Kier alpha value is -1.40. The van der Waals surface area contributed by atoms with Crippen LogP contribution >= 0.6 is 0 Å². The van der Waals surface area contributed by atoms with E-state index in [1.165, 1.54) is 6.42 Å². The Morgan fingerprint density at radius 3 is 2.32 bits per heavy atom. The summed E-state index contributed by atoms with van der Waals surface area (Å²) in [4.78, 5) is 17.0. The third-order valence-corrected chi connectivity index (χ3v) is 7.21. The Kier molecular flexibility index (Phi) is 5.79. The number of hydrogen-bond donors (Lipinski definition) is 0. The molecule has 1 unspecified atom stereocenters. The smallest absolute Gasteiger partial charge is 0.241 e. The van der Waals surface area contributed by atoms with Gasteiger partial charge in [-0.2, -0.15) is 0 Å². The van der Waals surface area contributed by atoms with E-state index in [2.05, 4.69) is 0 Å². The van der Waals surface area contributed by atoms with Gasteiger partial charge >= 0.3 is 0 Å². The van der Waals surface area contributed by atoms with E-state index in [1.54, 1.807) is 0 Å². The van der Waals surface area contributed by atoms with Crippen molar-refractivity contribution < 1.29 is 13.2 Å². The van der Waals surface area contributed by atoms with Crippen molar-refractivity contribution in [2.45, 2.75) is 50.6 Å². The first-order valence-corrected chi connectivity index (χ1v) is 11.1. The number of sulfone groups is 1. The molecule has 1 atom stereocenters. The van der Waals surface area contributed by atoms with Gasteiger partial charge in [-0.15, -0.1) is 0 Å². The Bertz CT molecular complexity index is 684. The Morgan fingerprint density at radius 1 is 1.04 bits per heavy atom. The van der Waals surface area contributed by atoms with E-state index in [-0.39, 0.29) is 36.0 Å². The summed E-state index contributed by atoms with van der Waals surface area (Å²) in [6.07, 6.45) is 6.29. The van der Waals surface area contributed by atoms with Gasteiger partial charge < -0.3 is 4.90 Å². The molecule has 2 aliphatic rings. The molecule has 2 fully saturated rings. The lowest BCUT2D eigenvalue weighted by atomic mass is 9.93. The molecule has 0 aromatic heterocycles. The van der Waals surface area contributed by atoms with Crippen molar-refractivity contribution in [3.8, 4) is 0 Å². The van der Waals surface area contributed by atoms with Crippen molar-refractivity contribution >= 4 is 21.4 Å². The molecule has 138 valence electrons. The van der Waals surface area contributed by atoms with Crippen LogP contribution in [0.25, 0.3) is 0 Å². The fourth-order valence-electron chi connectivity index (χ4n) is 4.03. The summed E-state index contributed by atoms with van der Waals surface area (Å²) in [5.74, 6) is 0.483. The number of nitrogens with zero attached hydrogens (tertiary/aromatic N) is 2. The second kappa shape index (κ2) is 7.87. The lowest BCUT2D eigenvalue weighted by molar-refractivity contribution is -0.120. The lowest BCUT2D eigenvalue weighted by Gasteiger charge is -2.36. The Labute approximate surface area is 150 Å². The zero-order valence-electron chi connectivity index (χ0n) is 14.9. The molecule has 5 nitrogen and oxygen atoms in total. The number of carbonyl (C=O) groups is 1. The molecule has 6 heteroatoms. The summed E-state index contributed by atoms with van der Waals surface area (Å²) in [7, 11) is -1.07. The maximum atomic E-state index is 13.1. The molecule has 0 spiro atoms. The van der Waals surface area contributed by atoms with Crippen LogP contribution in [0.4, 0.5) is 5.69 Å². The molecule has 0 bridgehead atoms. The second-order valence-electron chi connectivity index (χ2n) is 7.36. The van der Waals surface area contributed by atoms with Gasteiger partial charge in [0.15, 0.2) is 9.84 Å². The SMILES string of the molecule is CN(CC(=O)N(c1ccccc1)C1CCCCC1)C1CCS(=O)(=O)C1. The number of para-hydroxylation sites is 1. The highest BCUT2D eigenvalue weighted by Crippen LogP contribution is 2.28. The molecule has 0 N–H and O–H groups in total. The zero-order chi connectivity index (χ0) is 17.9. The number of carbonyl (C=O) groups excluding carboxylic acids is 1. The van der Waals surface area contributed by atoms with Crippen LogP contribution in [0.15, 0.2) is 30.3 Å². The molecule has 25 heavy (non-hydrogen) atoms. The summed E-state index contributed by atoms with van der Waals surface area (Å²) >= 11 is 0. The van der Waals surface area contributed by atoms with E-state index in [0.717, 1.165) is 31.4 Å². The van der Waals surface area contributed by atoms with Crippen LogP contribution in [0, 0.1) is 0 Å². The van der Waals surface area contributed by atoms with Crippen LogP contribution in [0.1, 0.15) is 38.5 Å². The summed E-state index contributed by atoms with van der Waals surface area (Å²) in [6.45, 7) is 0.269. The first-order valence-electron chi connectivity index (χ1n) is 9.24. The van der Waals surface area contributed by atoms with Gasteiger partial charge in [-0.3, -0.25) is 9.69 Å². The van der Waals surface area contributed by atoms with Crippen LogP contribution in [0.3, 0.4) is 0 Å². The van der Waals surface area contributed by atoms with E-state index in [0.29, 0.717) is 6.42 Å². The molecule has 1 heterocycles. The predicted molar refractivity (Wildman–Crippen MR) is 100 cm³/mol. The zero-order valence-corrected chi connectivity index (χ0v) is 15.7. The highest BCUT2D eigenvalue weighted by Gasteiger charge is 2.33. The highest BCUT2D eigenvalue weighted by atomic mass is 32.2. The molecule has 1 saturated heterocycles. The third-order valence-electron chi connectivity index (χ3n) is 5.46. The van der Waals surface area contributed by atoms with Crippen molar-refractivity contribution in [3.05, 3.63) is 30.3 Å². The molecule has 1 aromatic carbocycles. The van der Waals surface area contributed by atoms with Crippen LogP contribution in [-0.2, 0) is 14.6 Å². The van der Waals surface area contributed by atoms with E-state index >= 15 is 0 Å². The molecular weight excluding hydrogens is 336 g/mol. The minimum absolute atomic E-state index is 0.0436. The number of amides is 1. The van der Waals surface area contributed by atoms with Crippen LogP contribution in [0.2, 0.25) is 0 Å². The monoisotopic (exact) mass is 364 g/mol. The lowest BCUT2D eigenvalue weighted by Crippen LogP contribution is -2.48. The standard InChI is InChI=1S/C19H28N2O3S/c1-20(18-12-13-25(23,24)15-18)14-19(22)21(16-8-4-2-5-9-16)17-10-6-3-7-11-17/h2,4-5,8-9,17-18H,3,6-7,10-15H2,1H3. The minimum Gasteiger partial charge on any atom is -0.308 e. The maximum Gasteiger partial charge on any atom is 0.241 e. The fourth-order valence-corrected chi connectivity index (χ4v) is 5.83. The number of hydrogen-bond acceptors (Lipinski definition) is 4. The highest BCUT2D eigenvalue weighted by molar-refractivity contribution is 7.91. The summed E-state index contributed by atoms with van der Waals surface area (Å²) in [5, 5.41) is 0. The largest absolute Gasteiger partial charge is 0.308 e. The van der Waals surface area contributed by atoms with Crippen molar-refractivity contribution in [3.63, 3.8) is 0 Å². The van der Waals surface area contributed by atoms with Gasteiger partial charge in [0.2, 0.25) is 5.91 Å². The number of rotatable bonds is 5. The van der Waals surface area contributed by atoms with Crippen molar-refractivity contribution in [2.24, 2.45) is 0 Å². The minimum atomic E-state index is -2.94. The number of benzene rings is 1. The van der Waals surface area contributed by atoms with Crippen molar-refractivity contribution in [1.29, 1.82) is 0 Å². The molecule has 1 aliphatic heterocycles. The van der Waals surface area contributed by atoms with Gasteiger partial charge in [0, 0.05) is 17.8 Å². The molecule has 0 radical (unpaired) electrons. The van der Waals surface area contributed by atoms with Gasteiger partial charge in [-0.25, -0.2) is 8.42 Å². The second-order valence-corrected chi connectivity index (χ2v) is 9.59. The number of likely N-dealkylation sites (N-methyl/N-ethyl adjacent to an activating group) is 1. The quantitative estimate of drug-likeness (QED) is 0.805. The average molecular weight is 365 g/mol. The van der Waals surface area contributed by atoms with E-state index in [9.17, 15) is 13.2 Å². The molecule has 1 saturated carbocycles. The van der Waals surface area contributed by atoms with Crippen LogP contribution in [0.5, 0.6) is 0 Å². The first kappa shape index (κ1) is 18.4. The first-order chi connectivity index (χ1) is 12.0. The normalized spacial score (nSPS) is 23.7. The van der Waals surface area contributed by atoms with Gasteiger partial charge in [0.1, 0.15) is 0 Å². The molecular formula is C19H28N2O3S. The van der Waals surface area contributed by atoms with Gasteiger partial charge in [-0.1, -0.05) is 37.5 Å². The number of anilines is 1. The molecule has 1 aromatic rings. The van der Waals surface area contributed by atoms with Gasteiger partial charge in [0.05, 0.1) is 18.1 Å². The predicted octanol–water partition coefficient (Wildman–Crippen LogP) is 2.47. The van der Waals surface area contributed by atoms with Gasteiger partial charge in [-0.05, 0) is 38.4 Å². The molecule has 1 aliphatic carbocycles.